The summed E-state index contributed by atoms with van der Waals surface area (Å²) in [6, 6.07) is 21.2. The summed E-state index contributed by atoms with van der Waals surface area (Å²) in [5.41, 5.74) is 1.33. The van der Waals surface area contributed by atoms with Crippen LogP contribution >= 0.6 is 11.6 Å². The fourth-order valence-electron chi connectivity index (χ4n) is 3.57. The monoisotopic (exact) mass is 477 g/mol. The van der Waals surface area contributed by atoms with E-state index in [2.05, 4.69) is 29.2 Å². The van der Waals surface area contributed by atoms with Gasteiger partial charge in [0.1, 0.15) is 36.4 Å². The van der Waals surface area contributed by atoms with E-state index in [9.17, 15) is 9.50 Å². The minimum atomic E-state index is -1.42. The van der Waals surface area contributed by atoms with E-state index in [1.807, 2.05) is 48.5 Å². The van der Waals surface area contributed by atoms with Crippen LogP contribution in [0.15, 0.2) is 91.5 Å². The molecule has 7 heteroatoms. The molecule has 3 aromatic carbocycles. The van der Waals surface area contributed by atoms with Crippen LogP contribution in [0.3, 0.4) is 0 Å². The normalized spacial score (nSPS) is 14.1. The number of allylic oxidation sites excluding steroid dienone is 1. The molecule has 2 unspecified atom stereocenters. The highest BCUT2D eigenvalue weighted by atomic mass is 35.5. The second-order valence-corrected chi connectivity index (χ2v) is 8.63. The molecule has 2 atom stereocenters. The van der Waals surface area contributed by atoms with Gasteiger partial charge in [-0.2, -0.15) is 5.10 Å². The number of rotatable bonds is 9. The summed E-state index contributed by atoms with van der Waals surface area (Å²) in [5, 5.41) is 16.2. The third kappa shape index (κ3) is 6.10. The van der Waals surface area contributed by atoms with E-state index in [-0.39, 0.29) is 24.9 Å². The molecule has 34 heavy (non-hydrogen) atoms. The lowest BCUT2D eigenvalue weighted by atomic mass is 9.94. The SMILES string of the molecule is CC(C=Cc1ccc(Cl)cc1)c1ccc(OCC(O)(Cn2cncn2)c2ccc(F)cc2)cc1. The third-order valence-electron chi connectivity index (χ3n) is 5.60. The van der Waals surface area contributed by atoms with Crippen LogP contribution in [0, 0.1) is 5.82 Å². The second-order valence-electron chi connectivity index (χ2n) is 8.19. The smallest absolute Gasteiger partial charge is 0.143 e. The maximum atomic E-state index is 13.4. The first-order valence-electron chi connectivity index (χ1n) is 10.9. The molecule has 1 N–H and O–H groups in total. The van der Waals surface area contributed by atoms with Crippen molar-refractivity contribution in [1.82, 2.24) is 14.8 Å². The number of halogens is 2. The summed E-state index contributed by atoms with van der Waals surface area (Å²) in [6.07, 6.45) is 7.11. The van der Waals surface area contributed by atoms with Crippen LogP contribution in [-0.4, -0.2) is 26.5 Å². The van der Waals surface area contributed by atoms with Crippen molar-refractivity contribution in [3.8, 4) is 5.75 Å². The lowest BCUT2D eigenvalue weighted by molar-refractivity contribution is -0.0270. The Kier molecular flexibility index (Phi) is 7.40. The summed E-state index contributed by atoms with van der Waals surface area (Å²) < 4.78 is 20.9. The van der Waals surface area contributed by atoms with Gasteiger partial charge in [0.25, 0.3) is 0 Å². The van der Waals surface area contributed by atoms with Crippen molar-refractivity contribution in [3.63, 3.8) is 0 Å². The fourth-order valence-corrected chi connectivity index (χ4v) is 3.70. The molecule has 0 spiro atoms. The standard InChI is InChI=1S/C27H25ClFN3O2/c1-20(2-3-21-4-10-24(28)11-5-21)22-6-14-26(15-7-22)34-17-27(33,16-32-19-30-18-31-32)23-8-12-25(29)13-9-23/h2-15,18-20,33H,16-17H2,1H3. The average molecular weight is 478 g/mol. The van der Waals surface area contributed by atoms with Gasteiger partial charge in [-0.25, -0.2) is 14.1 Å². The molecule has 4 rings (SSSR count). The molecule has 0 aliphatic carbocycles. The predicted molar refractivity (Wildman–Crippen MR) is 131 cm³/mol. The number of hydrogen-bond acceptors (Lipinski definition) is 4. The van der Waals surface area contributed by atoms with E-state index in [1.165, 1.54) is 29.5 Å². The van der Waals surface area contributed by atoms with E-state index in [4.69, 9.17) is 16.3 Å². The molecule has 1 aromatic heterocycles. The van der Waals surface area contributed by atoms with Gasteiger partial charge in [-0.05, 0) is 59.0 Å². The highest BCUT2D eigenvalue weighted by Gasteiger charge is 2.32. The molecule has 0 aliphatic heterocycles. The zero-order chi connectivity index (χ0) is 24.0. The Balaban J connectivity index is 1.43. The van der Waals surface area contributed by atoms with Crippen LogP contribution in [0.4, 0.5) is 4.39 Å². The van der Waals surface area contributed by atoms with Crippen molar-refractivity contribution >= 4 is 17.7 Å². The number of aliphatic hydroxyl groups is 1. The van der Waals surface area contributed by atoms with Crippen molar-refractivity contribution < 1.29 is 14.2 Å². The Hall–Kier alpha value is -3.48. The molecule has 4 aromatic rings. The molecule has 174 valence electrons. The minimum Gasteiger partial charge on any atom is -0.490 e. The number of hydrogen-bond donors (Lipinski definition) is 1. The summed E-state index contributed by atoms with van der Waals surface area (Å²) in [7, 11) is 0. The summed E-state index contributed by atoms with van der Waals surface area (Å²) in [6.45, 7) is 2.20. The lowest BCUT2D eigenvalue weighted by Crippen LogP contribution is -2.38. The van der Waals surface area contributed by atoms with E-state index in [0.29, 0.717) is 16.3 Å². The quantitative estimate of drug-likeness (QED) is 0.328. The molecule has 0 radical (unpaired) electrons. The molecule has 0 saturated carbocycles. The Morgan fingerprint density at radius 2 is 1.76 bits per heavy atom. The van der Waals surface area contributed by atoms with Gasteiger partial charge in [-0.15, -0.1) is 0 Å². The molecular weight excluding hydrogens is 453 g/mol. The zero-order valence-electron chi connectivity index (χ0n) is 18.7. The topological polar surface area (TPSA) is 60.2 Å². The van der Waals surface area contributed by atoms with Gasteiger partial charge in [0.05, 0.1) is 6.54 Å². The number of benzene rings is 3. The highest BCUT2D eigenvalue weighted by molar-refractivity contribution is 6.30. The van der Waals surface area contributed by atoms with Crippen LogP contribution in [-0.2, 0) is 12.1 Å². The molecule has 1 heterocycles. The van der Waals surface area contributed by atoms with Crippen molar-refractivity contribution in [1.29, 1.82) is 0 Å². The summed E-state index contributed by atoms with van der Waals surface area (Å²) in [4.78, 5) is 3.93. The third-order valence-corrected chi connectivity index (χ3v) is 5.85. The lowest BCUT2D eigenvalue weighted by Gasteiger charge is -2.28. The largest absolute Gasteiger partial charge is 0.490 e. The molecule has 5 nitrogen and oxygen atoms in total. The van der Waals surface area contributed by atoms with Gasteiger partial charge in [-0.3, -0.25) is 0 Å². The molecule has 0 fully saturated rings. The summed E-state index contributed by atoms with van der Waals surface area (Å²) in [5.74, 6) is 0.451. The van der Waals surface area contributed by atoms with E-state index >= 15 is 0 Å². The summed E-state index contributed by atoms with van der Waals surface area (Å²) >= 11 is 5.94. The molecule has 0 bridgehead atoms. The Morgan fingerprint density at radius 3 is 2.41 bits per heavy atom. The van der Waals surface area contributed by atoms with Crippen molar-refractivity contribution in [2.75, 3.05) is 6.61 Å². The van der Waals surface area contributed by atoms with Crippen LogP contribution < -0.4 is 4.74 Å². The first kappa shape index (κ1) is 23.7. The first-order valence-corrected chi connectivity index (χ1v) is 11.3. The van der Waals surface area contributed by atoms with Crippen molar-refractivity contribution in [3.05, 3.63) is 119 Å². The van der Waals surface area contributed by atoms with Crippen molar-refractivity contribution in [2.24, 2.45) is 0 Å². The highest BCUT2D eigenvalue weighted by Crippen LogP contribution is 2.27. The second kappa shape index (κ2) is 10.6. The Morgan fingerprint density at radius 1 is 1.06 bits per heavy atom. The van der Waals surface area contributed by atoms with Gasteiger partial charge in [0.2, 0.25) is 0 Å². The van der Waals surface area contributed by atoms with Gasteiger partial charge in [0, 0.05) is 5.02 Å². The number of ether oxygens (including phenoxy) is 1. The van der Waals surface area contributed by atoms with Gasteiger partial charge in [0.15, 0.2) is 0 Å². The maximum Gasteiger partial charge on any atom is 0.143 e. The Labute approximate surface area is 203 Å². The van der Waals surface area contributed by atoms with Gasteiger partial charge < -0.3 is 9.84 Å². The van der Waals surface area contributed by atoms with Gasteiger partial charge >= 0.3 is 0 Å². The zero-order valence-corrected chi connectivity index (χ0v) is 19.4. The number of aromatic nitrogens is 3. The maximum absolute atomic E-state index is 13.4. The van der Waals surface area contributed by atoms with Crippen molar-refractivity contribution in [2.45, 2.75) is 25.0 Å². The molecular formula is C27H25ClFN3O2. The van der Waals surface area contributed by atoms with E-state index < -0.39 is 5.60 Å². The van der Waals surface area contributed by atoms with E-state index in [1.54, 1.807) is 12.1 Å². The molecule has 0 saturated heterocycles. The predicted octanol–water partition coefficient (Wildman–Crippen LogP) is 5.85. The number of nitrogens with zero attached hydrogens (tertiary/aromatic N) is 3. The van der Waals surface area contributed by atoms with Crippen LogP contribution in [0.25, 0.3) is 6.08 Å². The van der Waals surface area contributed by atoms with Crippen LogP contribution in [0.1, 0.15) is 29.5 Å². The molecule has 0 amide bonds. The Bertz CT molecular complexity index is 1210. The van der Waals surface area contributed by atoms with Crippen LogP contribution in [0.5, 0.6) is 5.75 Å². The van der Waals surface area contributed by atoms with Gasteiger partial charge in [-0.1, -0.05) is 67.1 Å². The van der Waals surface area contributed by atoms with E-state index in [0.717, 1.165) is 11.1 Å². The van der Waals surface area contributed by atoms with Crippen LogP contribution in [0.2, 0.25) is 5.02 Å². The molecule has 0 aliphatic rings. The average Bonchev–Trinajstić information content (AvgIpc) is 3.36. The fraction of sp³-hybridized carbons (Fsp3) is 0.185. The minimum absolute atomic E-state index is 0.0378. The first-order chi connectivity index (χ1) is 16.4.